The van der Waals surface area contributed by atoms with Crippen molar-refractivity contribution in [1.29, 1.82) is 0 Å². The lowest BCUT2D eigenvalue weighted by Crippen LogP contribution is -2.51. The fourth-order valence-electron chi connectivity index (χ4n) is 6.01. The van der Waals surface area contributed by atoms with Crippen LogP contribution in [0.2, 0.25) is 0 Å². The minimum Gasteiger partial charge on any atom is -0.350 e. The van der Waals surface area contributed by atoms with E-state index in [1.165, 1.54) is 121 Å². The molecule has 0 aromatic heterocycles. The Morgan fingerprint density at radius 2 is 1.11 bits per heavy atom. The predicted molar refractivity (Wildman–Crippen MR) is 200 cm³/mol. The number of carbonyl (C=O) groups excluding carboxylic acids is 1. The first-order chi connectivity index (χ1) is 22.1. The van der Waals surface area contributed by atoms with E-state index in [1.54, 1.807) is 0 Å². The van der Waals surface area contributed by atoms with E-state index >= 15 is 0 Å². The van der Waals surface area contributed by atoms with Gasteiger partial charge in [0.25, 0.3) is 0 Å². The fraction of sp³-hybridized carbons (Fsp3) is 0.756. The van der Waals surface area contributed by atoms with Gasteiger partial charge in [-0.15, -0.1) is 0 Å². The molecule has 0 saturated heterocycles. The Labute approximate surface area is 280 Å². The van der Waals surface area contributed by atoms with E-state index in [0.717, 1.165) is 62.8 Å². The van der Waals surface area contributed by atoms with Crippen LogP contribution in [-0.2, 0) is 4.79 Å². The van der Waals surface area contributed by atoms with Gasteiger partial charge in [0.15, 0.2) is 5.84 Å². The summed E-state index contributed by atoms with van der Waals surface area (Å²) in [5.74, 6) is 1.57. The molecule has 0 bridgehead atoms. The van der Waals surface area contributed by atoms with Gasteiger partial charge >= 0.3 is 0 Å². The number of amides is 1. The lowest BCUT2D eigenvalue weighted by molar-refractivity contribution is -0.814. The highest BCUT2D eigenvalue weighted by molar-refractivity contribution is 5.77. The molecule has 1 aliphatic heterocycles. The number of unbranched alkanes of at least 4 members (excludes halogenated alkanes) is 16. The number of rotatable bonds is 31. The number of hydrogen-bond donors (Lipinski definition) is 1. The Kier molecular flexibility index (Phi) is 28.0. The molecule has 0 fully saturated rings. The highest BCUT2D eigenvalue weighted by atomic mass is 16.1. The highest BCUT2D eigenvalue weighted by Gasteiger charge is 2.32. The molecular formula is C41H74N3O+. The van der Waals surface area contributed by atoms with Gasteiger partial charge in [0.2, 0.25) is 5.91 Å². The predicted octanol–water partition coefficient (Wildman–Crippen LogP) is 11.6. The zero-order valence-electron chi connectivity index (χ0n) is 30.2. The van der Waals surface area contributed by atoms with Crippen LogP contribution in [-0.4, -0.2) is 49.5 Å². The summed E-state index contributed by atoms with van der Waals surface area (Å²) in [5, 5.41) is 3.19. The third-order valence-electron chi connectivity index (χ3n) is 9.14. The van der Waals surface area contributed by atoms with E-state index < -0.39 is 0 Å². The van der Waals surface area contributed by atoms with Gasteiger partial charge in [0.05, 0.1) is 20.1 Å². The lowest BCUT2D eigenvalue weighted by atomic mass is 10.1. The van der Waals surface area contributed by atoms with Crippen molar-refractivity contribution in [3.05, 3.63) is 48.6 Å². The SMILES string of the molecule is CCCCCC=CCC=CCCCCCCCC(=O)NCC[N+]1(C)CCN=C1CCCCCCCC=CCC=CCCCCC. The summed E-state index contributed by atoms with van der Waals surface area (Å²) < 4.78 is 0.918. The largest absolute Gasteiger partial charge is 0.350 e. The van der Waals surface area contributed by atoms with Crippen LogP contribution in [0.4, 0.5) is 0 Å². The molecule has 1 amide bonds. The van der Waals surface area contributed by atoms with E-state index in [4.69, 9.17) is 4.99 Å². The Morgan fingerprint density at radius 3 is 1.64 bits per heavy atom. The van der Waals surface area contributed by atoms with E-state index in [0.29, 0.717) is 6.42 Å². The van der Waals surface area contributed by atoms with Crippen LogP contribution in [0.5, 0.6) is 0 Å². The Balaban J connectivity index is 1.98. The van der Waals surface area contributed by atoms with E-state index in [9.17, 15) is 4.79 Å². The standard InChI is InChI=1S/C41H73N3O/c1-4-6-8-10-12-14-16-18-20-22-24-26-28-30-32-34-40-42-36-38-44(40,3)39-37-43-41(45)35-33-31-29-27-25-23-21-19-17-15-13-11-9-7-5-2/h12-15,18-21H,4-11,16-17,22-39H2,1-3H3/p+1. The maximum atomic E-state index is 12.4. The van der Waals surface area contributed by atoms with E-state index in [2.05, 4.69) is 74.8 Å². The van der Waals surface area contributed by atoms with Crippen LogP contribution >= 0.6 is 0 Å². The van der Waals surface area contributed by atoms with E-state index in [1.807, 2.05) is 0 Å². The molecule has 1 atom stereocenters. The second kappa shape index (κ2) is 30.7. The number of nitrogens with one attached hydrogen (secondary N) is 1. The van der Waals surface area contributed by atoms with Gasteiger partial charge in [-0.25, -0.2) is 4.99 Å². The Hall–Kier alpha value is -1.94. The average Bonchev–Trinajstić information content (AvgIpc) is 3.40. The minimum atomic E-state index is 0.221. The van der Waals surface area contributed by atoms with Crippen molar-refractivity contribution in [2.75, 3.05) is 33.2 Å². The molecule has 4 nitrogen and oxygen atoms in total. The molecule has 0 radical (unpaired) electrons. The Bertz CT molecular complexity index is 840. The zero-order chi connectivity index (χ0) is 32.5. The van der Waals surface area contributed by atoms with Crippen LogP contribution in [0.15, 0.2) is 53.6 Å². The number of hydrogen-bond acceptors (Lipinski definition) is 2. The van der Waals surface area contributed by atoms with Crippen LogP contribution in [0.25, 0.3) is 0 Å². The molecular weight excluding hydrogens is 550 g/mol. The first-order valence-corrected chi connectivity index (χ1v) is 19.4. The summed E-state index contributed by atoms with van der Waals surface area (Å²) in [7, 11) is 2.31. The number of likely N-dealkylation sites (N-methyl/N-ethyl adjacent to an activating group) is 1. The molecule has 0 aromatic rings. The number of aliphatic imine (C=N–C) groups is 1. The second-order valence-corrected chi connectivity index (χ2v) is 13.5. The van der Waals surface area contributed by atoms with Gasteiger partial charge in [-0.05, 0) is 77.0 Å². The lowest BCUT2D eigenvalue weighted by Gasteiger charge is -2.30. The zero-order valence-corrected chi connectivity index (χ0v) is 30.2. The first-order valence-electron chi connectivity index (χ1n) is 19.4. The molecule has 45 heavy (non-hydrogen) atoms. The molecule has 258 valence electrons. The molecule has 0 aliphatic carbocycles. The fourth-order valence-corrected chi connectivity index (χ4v) is 6.01. The van der Waals surface area contributed by atoms with Gasteiger partial charge in [0.1, 0.15) is 13.1 Å². The molecule has 0 saturated carbocycles. The molecule has 4 heteroatoms. The molecule has 1 N–H and O–H groups in total. The number of quaternary nitrogens is 1. The summed E-state index contributed by atoms with van der Waals surface area (Å²) in [4.78, 5) is 17.3. The number of carbonyl (C=O) groups is 1. The number of nitrogens with zero attached hydrogens (tertiary/aromatic N) is 2. The number of amidine groups is 1. The van der Waals surface area contributed by atoms with Crippen molar-refractivity contribution in [3.63, 3.8) is 0 Å². The van der Waals surface area contributed by atoms with Crippen molar-refractivity contribution in [2.45, 2.75) is 168 Å². The van der Waals surface area contributed by atoms with E-state index in [-0.39, 0.29) is 5.91 Å². The normalized spacial score (nSPS) is 17.1. The monoisotopic (exact) mass is 625 g/mol. The van der Waals surface area contributed by atoms with Gasteiger partial charge < -0.3 is 5.32 Å². The van der Waals surface area contributed by atoms with Crippen LogP contribution in [0.3, 0.4) is 0 Å². The molecule has 1 rings (SSSR count). The van der Waals surface area contributed by atoms with Crippen molar-refractivity contribution in [1.82, 2.24) is 5.32 Å². The topological polar surface area (TPSA) is 41.5 Å². The second-order valence-electron chi connectivity index (χ2n) is 13.5. The molecule has 1 heterocycles. The maximum Gasteiger partial charge on any atom is 0.220 e. The molecule has 0 spiro atoms. The number of allylic oxidation sites excluding steroid dienone is 8. The van der Waals surface area contributed by atoms with Crippen LogP contribution < -0.4 is 5.32 Å². The summed E-state index contributed by atoms with van der Waals surface area (Å²) in [6.07, 6.45) is 47.8. The van der Waals surface area contributed by atoms with Crippen molar-refractivity contribution >= 4 is 11.7 Å². The van der Waals surface area contributed by atoms with Crippen LogP contribution in [0.1, 0.15) is 168 Å². The van der Waals surface area contributed by atoms with Crippen molar-refractivity contribution < 1.29 is 9.28 Å². The van der Waals surface area contributed by atoms with Crippen LogP contribution in [0, 0.1) is 0 Å². The van der Waals surface area contributed by atoms with Gasteiger partial charge in [0, 0.05) is 12.8 Å². The third-order valence-corrected chi connectivity index (χ3v) is 9.14. The minimum absolute atomic E-state index is 0.221. The Morgan fingerprint density at radius 1 is 0.644 bits per heavy atom. The molecule has 0 aromatic carbocycles. The quantitative estimate of drug-likeness (QED) is 0.0465. The first kappa shape index (κ1) is 41.1. The molecule has 1 aliphatic rings. The smallest absolute Gasteiger partial charge is 0.220 e. The summed E-state index contributed by atoms with van der Waals surface area (Å²) in [6.45, 7) is 8.26. The van der Waals surface area contributed by atoms with Crippen molar-refractivity contribution in [2.24, 2.45) is 4.99 Å². The summed E-state index contributed by atoms with van der Waals surface area (Å²) in [5.41, 5.74) is 0. The molecule has 1 unspecified atom stereocenters. The van der Waals surface area contributed by atoms with Gasteiger partial charge in [-0.1, -0.05) is 127 Å². The maximum absolute atomic E-state index is 12.4. The summed E-state index contributed by atoms with van der Waals surface area (Å²) in [6, 6.07) is 0. The van der Waals surface area contributed by atoms with Gasteiger partial charge in [-0.3, -0.25) is 9.28 Å². The van der Waals surface area contributed by atoms with Gasteiger partial charge in [-0.2, -0.15) is 0 Å². The highest BCUT2D eigenvalue weighted by Crippen LogP contribution is 2.18. The van der Waals surface area contributed by atoms with Crippen molar-refractivity contribution in [3.8, 4) is 0 Å². The average molecular weight is 625 g/mol. The summed E-state index contributed by atoms with van der Waals surface area (Å²) >= 11 is 0. The third kappa shape index (κ3) is 24.9.